The molecule has 1 aromatic carbocycles. The summed E-state index contributed by atoms with van der Waals surface area (Å²) in [5.41, 5.74) is 1.24. The number of nitrogens with one attached hydrogen (secondary N) is 1. The summed E-state index contributed by atoms with van der Waals surface area (Å²) < 4.78 is 10.7. The van der Waals surface area contributed by atoms with Crippen LogP contribution in [0.15, 0.2) is 30.4 Å². The van der Waals surface area contributed by atoms with Crippen LogP contribution < -0.4 is 14.8 Å². The Labute approximate surface area is 121 Å². The van der Waals surface area contributed by atoms with E-state index in [1.807, 2.05) is 6.07 Å². The van der Waals surface area contributed by atoms with Crippen molar-refractivity contribution in [3.63, 3.8) is 0 Å². The first-order valence-electron chi connectivity index (χ1n) is 7.37. The highest BCUT2D eigenvalue weighted by molar-refractivity contribution is 5.43. The van der Waals surface area contributed by atoms with Crippen LogP contribution in [0, 0.1) is 11.8 Å². The summed E-state index contributed by atoms with van der Waals surface area (Å²) >= 11 is 0. The number of benzene rings is 1. The van der Waals surface area contributed by atoms with Gasteiger partial charge in [0.2, 0.25) is 0 Å². The van der Waals surface area contributed by atoms with Crippen molar-refractivity contribution in [2.75, 3.05) is 14.2 Å². The average molecular weight is 273 g/mol. The van der Waals surface area contributed by atoms with Crippen LogP contribution in [-0.4, -0.2) is 20.3 Å². The number of ether oxygens (including phenoxy) is 2. The van der Waals surface area contributed by atoms with E-state index in [0.29, 0.717) is 12.1 Å². The van der Waals surface area contributed by atoms with Gasteiger partial charge in [-0.2, -0.15) is 0 Å². The van der Waals surface area contributed by atoms with Gasteiger partial charge in [-0.3, -0.25) is 0 Å². The highest BCUT2D eigenvalue weighted by Crippen LogP contribution is 2.43. The fourth-order valence-electron chi connectivity index (χ4n) is 3.45. The lowest BCUT2D eigenvalue weighted by Gasteiger charge is -2.42. The van der Waals surface area contributed by atoms with E-state index in [4.69, 9.17) is 9.47 Å². The third-order valence-electron chi connectivity index (χ3n) is 4.73. The van der Waals surface area contributed by atoms with Gasteiger partial charge >= 0.3 is 0 Å². The molecule has 0 amide bonds. The minimum absolute atomic E-state index is 0.328. The van der Waals surface area contributed by atoms with Crippen LogP contribution in [0.1, 0.15) is 31.4 Å². The number of allylic oxidation sites excluding steroid dienone is 1. The summed E-state index contributed by atoms with van der Waals surface area (Å²) in [6, 6.07) is 7.11. The molecule has 3 rings (SSSR count). The molecule has 108 valence electrons. The fourth-order valence-corrected chi connectivity index (χ4v) is 3.45. The zero-order chi connectivity index (χ0) is 14.1. The van der Waals surface area contributed by atoms with Gasteiger partial charge < -0.3 is 14.8 Å². The maximum absolute atomic E-state index is 5.38. The fraction of sp³-hybridized carbons (Fsp3) is 0.529. The molecule has 3 nitrogen and oxygen atoms in total. The molecule has 4 atom stereocenters. The molecule has 2 aliphatic carbocycles. The van der Waals surface area contributed by atoms with Crippen molar-refractivity contribution in [1.29, 1.82) is 0 Å². The normalized spacial score (nSPS) is 28.6. The summed E-state index contributed by atoms with van der Waals surface area (Å²) in [5, 5.41) is 3.75. The van der Waals surface area contributed by atoms with Crippen molar-refractivity contribution in [1.82, 2.24) is 5.32 Å². The molecule has 1 saturated carbocycles. The second kappa shape index (κ2) is 5.49. The van der Waals surface area contributed by atoms with E-state index >= 15 is 0 Å². The van der Waals surface area contributed by atoms with E-state index < -0.39 is 0 Å². The monoisotopic (exact) mass is 273 g/mol. The Kier molecular flexibility index (Phi) is 3.70. The van der Waals surface area contributed by atoms with Gasteiger partial charge in [0.1, 0.15) is 0 Å². The van der Waals surface area contributed by atoms with E-state index in [0.717, 1.165) is 23.3 Å². The Balaban J connectivity index is 1.67. The number of fused-ring (bicyclic) bond motifs is 1. The minimum atomic E-state index is 0.328. The summed E-state index contributed by atoms with van der Waals surface area (Å²) in [5.74, 6) is 3.22. The van der Waals surface area contributed by atoms with E-state index in [9.17, 15) is 0 Å². The first kappa shape index (κ1) is 13.5. The number of rotatable bonds is 5. The summed E-state index contributed by atoms with van der Waals surface area (Å²) in [6.45, 7) is 2.22. The third kappa shape index (κ3) is 2.31. The van der Waals surface area contributed by atoms with Gasteiger partial charge in [-0.05, 0) is 49.3 Å². The topological polar surface area (TPSA) is 30.5 Å². The third-order valence-corrected chi connectivity index (χ3v) is 4.73. The Bertz CT molecular complexity index is 512. The quantitative estimate of drug-likeness (QED) is 0.835. The number of methoxy groups -OCH3 is 2. The smallest absolute Gasteiger partial charge is 0.161 e. The molecule has 1 fully saturated rings. The van der Waals surface area contributed by atoms with Gasteiger partial charge in [0.25, 0.3) is 0 Å². The van der Waals surface area contributed by atoms with Crippen molar-refractivity contribution in [3.05, 3.63) is 35.9 Å². The average Bonchev–Trinajstić information content (AvgIpc) is 2.84. The summed E-state index contributed by atoms with van der Waals surface area (Å²) in [6.07, 6.45) is 7.29. The molecule has 0 heterocycles. The van der Waals surface area contributed by atoms with Crippen molar-refractivity contribution < 1.29 is 9.47 Å². The molecule has 0 aliphatic heterocycles. The SMILES string of the molecule is COc1ccc(C(C)NC2CC3CC=CC32)cc1OC. The van der Waals surface area contributed by atoms with Crippen LogP contribution in [0.3, 0.4) is 0 Å². The first-order chi connectivity index (χ1) is 9.72. The van der Waals surface area contributed by atoms with Crippen molar-refractivity contribution >= 4 is 0 Å². The molecule has 2 aliphatic rings. The van der Waals surface area contributed by atoms with Gasteiger partial charge in [0.15, 0.2) is 11.5 Å². The molecule has 0 spiro atoms. The Morgan fingerprint density at radius 3 is 2.70 bits per heavy atom. The Hall–Kier alpha value is -1.48. The zero-order valence-corrected chi connectivity index (χ0v) is 12.4. The van der Waals surface area contributed by atoms with Gasteiger partial charge in [0, 0.05) is 12.1 Å². The molecule has 0 bridgehead atoms. The van der Waals surface area contributed by atoms with Crippen LogP contribution >= 0.6 is 0 Å². The lowest BCUT2D eigenvalue weighted by molar-refractivity contribution is 0.152. The highest BCUT2D eigenvalue weighted by atomic mass is 16.5. The molecule has 0 saturated heterocycles. The second-order valence-corrected chi connectivity index (χ2v) is 5.85. The molecular formula is C17H23NO2. The molecular weight excluding hydrogens is 250 g/mol. The lowest BCUT2D eigenvalue weighted by Crippen LogP contribution is -2.48. The zero-order valence-electron chi connectivity index (χ0n) is 12.4. The first-order valence-corrected chi connectivity index (χ1v) is 7.37. The Morgan fingerprint density at radius 1 is 1.20 bits per heavy atom. The van der Waals surface area contributed by atoms with Crippen LogP contribution in [0.4, 0.5) is 0 Å². The van der Waals surface area contributed by atoms with Crippen molar-refractivity contribution in [3.8, 4) is 11.5 Å². The number of hydrogen-bond donors (Lipinski definition) is 1. The van der Waals surface area contributed by atoms with Crippen LogP contribution in [-0.2, 0) is 0 Å². The minimum Gasteiger partial charge on any atom is -0.493 e. The van der Waals surface area contributed by atoms with Gasteiger partial charge in [-0.1, -0.05) is 18.2 Å². The Morgan fingerprint density at radius 2 is 2.00 bits per heavy atom. The van der Waals surface area contributed by atoms with Gasteiger partial charge in [-0.15, -0.1) is 0 Å². The van der Waals surface area contributed by atoms with E-state index in [1.165, 1.54) is 18.4 Å². The van der Waals surface area contributed by atoms with Crippen molar-refractivity contribution in [2.45, 2.75) is 31.8 Å². The summed E-state index contributed by atoms with van der Waals surface area (Å²) in [7, 11) is 3.35. The van der Waals surface area contributed by atoms with Crippen LogP contribution in [0.5, 0.6) is 11.5 Å². The molecule has 0 aromatic heterocycles. The maximum Gasteiger partial charge on any atom is 0.161 e. The molecule has 3 heteroatoms. The van der Waals surface area contributed by atoms with Crippen molar-refractivity contribution in [2.24, 2.45) is 11.8 Å². The highest BCUT2D eigenvalue weighted by Gasteiger charge is 2.41. The lowest BCUT2D eigenvalue weighted by atomic mass is 9.71. The predicted octanol–water partition coefficient (Wildman–Crippen LogP) is 3.32. The molecule has 1 aromatic rings. The second-order valence-electron chi connectivity index (χ2n) is 5.85. The van der Waals surface area contributed by atoms with E-state index in [2.05, 4.69) is 36.5 Å². The molecule has 0 radical (unpaired) electrons. The largest absolute Gasteiger partial charge is 0.493 e. The number of hydrogen-bond acceptors (Lipinski definition) is 3. The van der Waals surface area contributed by atoms with E-state index in [-0.39, 0.29) is 0 Å². The molecule has 1 N–H and O–H groups in total. The maximum atomic E-state index is 5.38. The standard InChI is InChI=1S/C17H23NO2/c1-11(18-15-9-13-5-4-6-14(13)15)12-7-8-16(19-2)17(10-12)20-3/h4,6-8,10-11,13-15,18H,5,9H2,1-3H3. The summed E-state index contributed by atoms with van der Waals surface area (Å²) in [4.78, 5) is 0. The van der Waals surface area contributed by atoms with Crippen LogP contribution in [0.25, 0.3) is 0 Å². The van der Waals surface area contributed by atoms with Crippen LogP contribution in [0.2, 0.25) is 0 Å². The molecule has 20 heavy (non-hydrogen) atoms. The molecule has 4 unspecified atom stereocenters. The predicted molar refractivity (Wildman–Crippen MR) is 80.2 cm³/mol. The van der Waals surface area contributed by atoms with E-state index in [1.54, 1.807) is 14.2 Å². The van der Waals surface area contributed by atoms with Gasteiger partial charge in [-0.25, -0.2) is 0 Å². The van der Waals surface area contributed by atoms with Gasteiger partial charge in [0.05, 0.1) is 14.2 Å².